The predicted molar refractivity (Wildman–Crippen MR) is 97.5 cm³/mol. The number of aromatic amines is 1. The van der Waals surface area contributed by atoms with Crippen LogP contribution < -0.4 is 0 Å². The van der Waals surface area contributed by atoms with Crippen LogP contribution in [-0.4, -0.2) is 38.9 Å². The highest BCUT2D eigenvalue weighted by molar-refractivity contribution is 7.91. The normalized spacial score (nSPS) is 12.2. The Kier molecular flexibility index (Phi) is 4.67. The van der Waals surface area contributed by atoms with Crippen molar-refractivity contribution in [3.63, 3.8) is 0 Å². The van der Waals surface area contributed by atoms with E-state index in [1.54, 1.807) is 30.3 Å². The lowest BCUT2D eigenvalue weighted by atomic mass is 10.1. The summed E-state index contributed by atoms with van der Waals surface area (Å²) in [7, 11) is 0.293. The molecule has 1 N–H and O–H groups in total. The maximum atomic E-state index is 13.1. The minimum atomic E-state index is -3.69. The zero-order valence-electron chi connectivity index (χ0n) is 13.6. The van der Waals surface area contributed by atoms with Crippen LogP contribution >= 0.6 is 11.6 Å². The van der Waals surface area contributed by atoms with Gasteiger partial charge in [-0.05, 0) is 44.3 Å². The summed E-state index contributed by atoms with van der Waals surface area (Å²) < 4.78 is 26.2. The lowest BCUT2D eigenvalue weighted by Gasteiger charge is -2.11. The topological polar surface area (TPSA) is 53.2 Å². The first-order chi connectivity index (χ1) is 11.4. The zero-order valence-corrected chi connectivity index (χ0v) is 15.2. The molecule has 0 saturated carbocycles. The molecule has 2 aromatic carbocycles. The summed E-state index contributed by atoms with van der Waals surface area (Å²) in [5, 5.41) is 0.847. The van der Waals surface area contributed by atoms with Crippen molar-refractivity contribution >= 4 is 32.3 Å². The molecule has 3 aromatic rings. The zero-order chi connectivity index (χ0) is 17.3. The fraction of sp³-hybridized carbons (Fsp3) is 0.222. The number of aromatic nitrogens is 1. The number of rotatable bonds is 5. The van der Waals surface area contributed by atoms with Gasteiger partial charge in [0, 0.05) is 17.4 Å². The minimum absolute atomic E-state index is 0.158. The molecule has 0 saturated heterocycles. The smallest absolute Gasteiger partial charge is 0.210 e. The first-order valence-corrected chi connectivity index (χ1v) is 9.51. The average molecular weight is 363 g/mol. The molecule has 0 bridgehead atoms. The van der Waals surface area contributed by atoms with Gasteiger partial charge in [0.25, 0.3) is 0 Å². The van der Waals surface area contributed by atoms with Gasteiger partial charge < -0.3 is 9.88 Å². The van der Waals surface area contributed by atoms with Crippen molar-refractivity contribution in [2.75, 3.05) is 20.6 Å². The van der Waals surface area contributed by atoms with Crippen molar-refractivity contribution in [3.05, 3.63) is 59.2 Å². The molecule has 0 fully saturated rings. The fourth-order valence-corrected chi connectivity index (χ4v) is 4.83. The highest BCUT2D eigenvalue weighted by atomic mass is 35.5. The number of sulfone groups is 1. The number of halogens is 1. The molecule has 0 spiro atoms. The van der Waals surface area contributed by atoms with Gasteiger partial charge in [0.15, 0.2) is 0 Å². The minimum Gasteiger partial charge on any atom is -0.344 e. The molecule has 0 radical (unpaired) electrons. The lowest BCUT2D eigenvalue weighted by Crippen LogP contribution is -2.15. The van der Waals surface area contributed by atoms with Crippen LogP contribution in [0.2, 0.25) is 5.15 Å². The molecule has 4 nitrogen and oxygen atoms in total. The second-order valence-electron chi connectivity index (χ2n) is 5.98. The van der Waals surface area contributed by atoms with E-state index in [0.717, 1.165) is 24.0 Å². The van der Waals surface area contributed by atoms with Crippen molar-refractivity contribution in [1.82, 2.24) is 9.88 Å². The van der Waals surface area contributed by atoms with Crippen LogP contribution in [0.3, 0.4) is 0 Å². The first-order valence-electron chi connectivity index (χ1n) is 7.65. The second kappa shape index (κ2) is 6.59. The third-order valence-corrected chi connectivity index (χ3v) is 6.21. The highest BCUT2D eigenvalue weighted by Gasteiger charge is 2.27. The van der Waals surface area contributed by atoms with Crippen LogP contribution in [0.5, 0.6) is 0 Å². The Morgan fingerprint density at radius 1 is 1.04 bits per heavy atom. The number of H-pyrrole nitrogens is 1. The molecule has 0 aliphatic rings. The molecular formula is C18H19ClN2O2S. The molecule has 1 aromatic heterocycles. The van der Waals surface area contributed by atoms with Crippen LogP contribution in [-0.2, 0) is 16.3 Å². The van der Waals surface area contributed by atoms with Crippen molar-refractivity contribution in [1.29, 1.82) is 0 Å². The number of nitrogens with one attached hydrogen (secondary N) is 1. The largest absolute Gasteiger partial charge is 0.344 e. The Balaban J connectivity index is 2.23. The number of fused-ring (bicyclic) bond motifs is 1. The molecule has 0 unspecified atom stereocenters. The van der Waals surface area contributed by atoms with Crippen molar-refractivity contribution < 1.29 is 8.42 Å². The summed E-state index contributed by atoms with van der Waals surface area (Å²) in [5.41, 5.74) is 1.71. The van der Waals surface area contributed by atoms with Gasteiger partial charge in [0.1, 0.15) is 10.0 Å². The first kappa shape index (κ1) is 17.0. The third kappa shape index (κ3) is 3.07. The van der Waals surface area contributed by atoms with Crippen LogP contribution in [0.4, 0.5) is 0 Å². The van der Waals surface area contributed by atoms with E-state index in [1.165, 1.54) is 0 Å². The Hall–Kier alpha value is -1.82. The Labute approximate surface area is 147 Å². The molecule has 6 heteroatoms. The predicted octanol–water partition coefficient (Wildman–Crippen LogP) is 3.76. The molecule has 0 amide bonds. The van der Waals surface area contributed by atoms with Crippen molar-refractivity contribution in [2.45, 2.75) is 16.2 Å². The van der Waals surface area contributed by atoms with Gasteiger partial charge in [-0.15, -0.1) is 0 Å². The fourth-order valence-electron chi connectivity index (χ4n) is 2.78. The lowest BCUT2D eigenvalue weighted by molar-refractivity contribution is 0.414. The van der Waals surface area contributed by atoms with Crippen LogP contribution in [0, 0.1) is 0 Å². The molecule has 0 aliphatic carbocycles. The van der Waals surface area contributed by atoms with Crippen LogP contribution in [0.25, 0.3) is 10.9 Å². The van der Waals surface area contributed by atoms with Crippen molar-refractivity contribution in [3.8, 4) is 0 Å². The summed E-state index contributed by atoms with van der Waals surface area (Å²) in [6.45, 7) is 0.826. The summed E-state index contributed by atoms with van der Waals surface area (Å²) in [6, 6.07) is 14.1. The molecule has 24 heavy (non-hydrogen) atoms. The van der Waals surface area contributed by atoms with E-state index >= 15 is 0 Å². The Morgan fingerprint density at radius 3 is 2.42 bits per heavy atom. The summed E-state index contributed by atoms with van der Waals surface area (Å²) in [4.78, 5) is 5.48. The highest BCUT2D eigenvalue weighted by Crippen LogP contribution is 2.36. The van der Waals surface area contributed by atoms with Gasteiger partial charge in [0.2, 0.25) is 9.84 Å². The van der Waals surface area contributed by atoms with E-state index in [-0.39, 0.29) is 14.9 Å². The monoisotopic (exact) mass is 362 g/mol. The van der Waals surface area contributed by atoms with Crippen LogP contribution in [0.1, 0.15) is 5.56 Å². The van der Waals surface area contributed by atoms with Gasteiger partial charge in [-0.2, -0.15) is 0 Å². The summed E-state index contributed by atoms with van der Waals surface area (Å²) in [5.74, 6) is 0. The van der Waals surface area contributed by atoms with E-state index in [2.05, 4.69) is 9.88 Å². The number of hydrogen-bond donors (Lipinski definition) is 1. The van der Waals surface area contributed by atoms with Gasteiger partial charge in [-0.3, -0.25) is 0 Å². The Bertz CT molecular complexity index is 963. The quantitative estimate of drug-likeness (QED) is 0.751. The SMILES string of the molecule is CN(C)CCc1cccc2[nH]c(Cl)c(S(=O)(=O)c3ccccc3)c12. The van der Waals surface area contributed by atoms with Gasteiger partial charge in [0.05, 0.1) is 4.90 Å². The second-order valence-corrected chi connectivity index (χ2v) is 8.24. The summed E-state index contributed by atoms with van der Waals surface area (Å²) in [6.07, 6.45) is 0.746. The van der Waals surface area contributed by atoms with E-state index in [0.29, 0.717) is 5.39 Å². The van der Waals surface area contributed by atoms with Crippen LogP contribution in [0.15, 0.2) is 58.3 Å². The molecule has 0 aliphatic heterocycles. The van der Waals surface area contributed by atoms with Gasteiger partial charge >= 0.3 is 0 Å². The summed E-state index contributed by atoms with van der Waals surface area (Å²) >= 11 is 6.29. The molecule has 1 heterocycles. The number of benzene rings is 2. The third-order valence-electron chi connectivity index (χ3n) is 3.97. The van der Waals surface area contributed by atoms with Gasteiger partial charge in [-0.1, -0.05) is 41.9 Å². The number of nitrogens with zero attached hydrogens (tertiary/aromatic N) is 1. The molecule has 3 rings (SSSR count). The maximum Gasteiger partial charge on any atom is 0.210 e. The maximum absolute atomic E-state index is 13.1. The molecule has 0 atom stereocenters. The standard InChI is InChI=1S/C18H19ClN2O2S/c1-21(2)12-11-13-7-6-10-15-16(13)17(18(19)20-15)24(22,23)14-8-4-3-5-9-14/h3-10,20H,11-12H2,1-2H3. The number of likely N-dealkylation sites (N-methyl/N-ethyl adjacent to an activating group) is 1. The number of hydrogen-bond acceptors (Lipinski definition) is 3. The van der Waals surface area contributed by atoms with Gasteiger partial charge in [-0.25, -0.2) is 8.42 Å². The molecular weight excluding hydrogens is 344 g/mol. The average Bonchev–Trinajstić information content (AvgIpc) is 2.90. The molecule has 126 valence electrons. The van der Waals surface area contributed by atoms with Crippen molar-refractivity contribution in [2.24, 2.45) is 0 Å². The van der Waals surface area contributed by atoms with E-state index in [9.17, 15) is 8.42 Å². The Morgan fingerprint density at radius 2 is 1.75 bits per heavy atom. The van der Waals surface area contributed by atoms with E-state index in [4.69, 9.17) is 11.6 Å². The van der Waals surface area contributed by atoms with E-state index < -0.39 is 9.84 Å². The van der Waals surface area contributed by atoms with E-state index in [1.807, 2.05) is 32.3 Å².